The number of carbonyl (C=O) groups excluding carboxylic acids is 1. The molecule has 160 valence electrons. The fraction of sp³-hybridized carbons (Fsp3) is 0.200. The third-order valence-corrected chi connectivity index (χ3v) is 6.56. The van der Waals surface area contributed by atoms with Gasteiger partial charge in [-0.15, -0.1) is 21.5 Å². The number of nitrogens with two attached hydrogens (primary N) is 1. The number of nitrogens with zero attached hydrogens (tertiary/aromatic N) is 5. The Bertz CT molecular complexity index is 1210. The Morgan fingerprint density at radius 1 is 1.35 bits per heavy atom. The van der Waals surface area contributed by atoms with Crippen molar-refractivity contribution < 1.29 is 9.21 Å². The van der Waals surface area contributed by atoms with Crippen LogP contribution in [0, 0.1) is 13.8 Å². The Kier molecular flexibility index (Phi) is 6.03. The first-order chi connectivity index (χ1) is 14.8. The molecule has 0 atom stereocenters. The first kappa shape index (κ1) is 21.4. The van der Waals surface area contributed by atoms with Gasteiger partial charge in [0.25, 0.3) is 0 Å². The van der Waals surface area contributed by atoms with Crippen LogP contribution in [0.2, 0.25) is 5.02 Å². The number of anilines is 2. The predicted molar refractivity (Wildman–Crippen MR) is 123 cm³/mol. The molecule has 11 heteroatoms. The molecule has 0 aliphatic carbocycles. The molecule has 8 nitrogen and oxygen atoms in total. The van der Waals surface area contributed by atoms with Gasteiger partial charge in [-0.05, 0) is 43.2 Å². The van der Waals surface area contributed by atoms with Crippen molar-refractivity contribution in [2.24, 2.45) is 0 Å². The lowest BCUT2D eigenvalue weighted by Crippen LogP contribution is -2.24. The lowest BCUT2D eigenvalue weighted by molar-refractivity contribution is -0.115. The molecule has 0 unspecified atom stereocenters. The minimum Gasteiger partial charge on any atom is -0.461 e. The molecule has 0 saturated carbocycles. The quantitative estimate of drug-likeness (QED) is 0.311. The second-order valence-corrected chi connectivity index (χ2v) is 9.02. The predicted octanol–water partition coefficient (Wildman–Crippen LogP) is 4.96. The Morgan fingerprint density at radius 3 is 2.84 bits per heavy atom. The molecule has 0 radical (unpaired) electrons. The molecule has 2 N–H and O–H groups in total. The number of carbonyl (C=O) groups is 1. The summed E-state index contributed by atoms with van der Waals surface area (Å²) in [6.07, 6.45) is 1.55. The maximum atomic E-state index is 12.5. The van der Waals surface area contributed by atoms with Gasteiger partial charge in [0.2, 0.25) is 16.9 Å². The molecular formula is C20H19ClN6O2S2. The van der Waals surface area contributed by atoms with Crippen molar-refractivity contribution in [3.8, 4) is 11.6 Å². The number of halogens is 1. The summed E-state index contributed by atoms with van der Waals surface area (Å²) in [5, 5.41) is 11.7. The normalized spacial score (nSPS) is 11.1. The van der Waals surface area contributed by atoms with Gasteiger partial charge in [0, 0.05) is 18.1 Å². The molecule has 1 amide bonds. The summed E-state index contributed by atoms with van der Waals surface area (Å²) in [4.78, 5) is 18.7. The van der Waals surface area contributed by atoms with Gasteiger partial charge in [-0.3, -0.25) is 9.69 Å². The second-order valence-electron chi connectivity index (χ2n) is 6.83. The van der Waals surface area contributed by atoms with Gasteiger partial charge < -0.3 is 10.3 Å². The van der Waals surface area contributed by atoms with Crippen molar-refractivity contribution >= 4 is 51.4 Å². The fourth-order valence-corrected chi connectivity index (χ4v) is 5.26. The summed E-state index contributed by atoms with van der Waals surface area (Å²) >= 11 is 9.24. The minimum atomic E-state index is -0.160. The molecule has 3 aromatic heterocycles. The van der Waals surface area contributed by atoms with Gasteiger partial charge in [0.1, 0.15) is 0 Å². The molecule has 0 aliphatic rings. The van der Waals surface area contributed by atoms with E-state index in [1.165, 1.54) is 34.7 Å². The van der Waals surface area contributed by atoms with Gasteiger partial charge in [0.15, 0.2) is 10.9 Å². The summed E-state index contributed by atoms with van der Waals surface area (Å²) in [6, 6.07) is 7.36. The van der Waals surface area contributed by atoms with Crippen molar-refractivity contribution in [2.45, 2.75) is 31.7 Å². The number of rotatable bonds is 6. The molecule has 4 rings (SSSR count). The lowest BCUT2D eigenvalue weighted by atomic mass is 10.1. The molecule has 0 spiro atoms. The Labute approximate surface area is 192 Å². The molecule has 1 aromatic carbocycles. The van der Waals surface area contributed by atoms with Crippen LogP contribution in [0.25, 0.3) is 11.6 Å². The highest BCUT2D eigenvalue weighted by molar-refractivity contribution is 7.98. The van der Waals surface area contributed by atoms with Crippen LogP contribution < -0.4 is 10.7 Å². The molecular weight excluding hydrogens is 456 g/mol. The van der Waals surface area contributed by atoms with E-state index in [2.05, 4.69) is 15.2 Å². The van der Waals surface area contributed by atoms with E-state index in [1.807, 2.05) is 31.4 Å². The lowest BCUT2D eigenvalue weighted by Gasteiger charge is -2.22. The van der Waals surface area contributed by atoms with E-state index in [1.54, 1.807) is 23.3 Å². The van der Waals surface area contributed by atoms with Crippen molar-refractivity contribution in [2.75, 3.05) is 10.7 Å². The highest BCUT2D eigenvalue weighted by atomic mass is 35.5. The zero-order valence-electron chi connectivity index (χ0n) is 17.0. The molecule has 4 aromatic rings. The van der Waals surface area contributed by atoms with Crippen molar-refractivity contribution in [1.29, 1.82) is 0 Å². The van der Waals surface area contributed by atoms with Gasteiger partial charge in [-0.25, -0.2) is 9.66 Å². The van der Waals surface area contributed by atoms with Gasteiger partial charge in [-0.1, -0.05) is 29.4 Å². The number of benzene rings is 1. The van der Waals surface area contributed by atoms with Crippen LogP contribution in [0.15, 0.2) is 45.5 Å². The largest absolute Gasteiger partial charge is 0.461 e. The summed E-state index contributed by atoms with van der Waals surface area (Å²) in [6.45, 7) is 5.39. The summed E-state index contributed by atoms with van der Waals surface area (Å²) in [5.41, 5.74) is 3.39. The van der Waals surface area contributed by atoms with E-state index in [0.717, 1.165) is 16.8 Å². The average molecular weight is 475 g/mol. The van der Waals surface area contributed by atoms with Crippen molar-refractivity contribution in [1.82, 2.24) is 19.9 Å². The van der Waals surface area contributed by atoms with E-state index in [-0.39, 0.29) is 5.91 Å². The van der Waals surface area contributed by atoms with Gasteiger partial charge in [-0.2, -0.15) is 0 Å². The molecule has 0 bridgehead atoms. The third kappa shape index (κ3) is 4.32. The topological polar surface area (TPSA) is 103 Å². The second kappa shape index (κ2) is 8.74. The SMILES string of the molecule is CC(=O)N(c1nc(CSc2nnc(-c3ccco3)n2N)cs1)c1c(C)cc(C)cc1Cl. The molecule has 3 heterocycles. The highest BCUT2D eigenvalue weighted by Gasteiger charge is 2.23. The zero-order chi connectivity index (χ0) is 22.1. The Hall–Kier alpha value is -2.82. The number of hydrogen-bond donors (Lipinski definition) is 1. The average Bonchev–Trinajstić information content (AvgIpc) is 3.44. The van der Waals surface area contributed by atoms with Crippen molar-refractivity contribution in [3.63, 3.8) is 0 Å². The van der Waals surface area contributed by atoms with Gasteiger partial charge >= 0.3 is 0 Å². The van der Waals surface area contributed by atoms with Crippen LogP contribution in [0.5, 0.6) is 0 Å². The first-order valence-corrected chi connectivity index (χ1v) is 11.5. The first-order valence-electron chi connectivity index (χ1n) is 9.24. The number of furan rings is 1. The smallest absolute Gasteiger partial charge is 0.230 e. The number of amides is 1. The zero-order valence-corrected chi connectivity index (χ0v) is 19.4. The van der Waals surface area contributed by atoms with E-state index in [9.17, 15) is 4.79 Å². The number of aryl methyl sites for hydroxylation is 2. The van der Waals surface area contributed by atoms with E-state index >= 15 is 0 Å². The van der Waals surface area contributed by atoms with Crippen LogP contribution in [-0.2, 0) is 10.5 Å². The van der Waals surface area contributed by atoms with Gasteiger partial charge in [0.05, 0.1) is 22.7 Å². The van der Waals surface area contributed by atoms with Crippen LogP contribution >= 0.6 is 34.7 Å². The summed E-state index contributed by atoms with van der Waals surface area (Å²) in [5.74, 6) is 7.43. The third-order valence-electron chi connectivity index (χ3n) is 4.42. The van der Waals surface area contributed by atoms with Crippen LogP contribution in [-0.4, -0.2) is 25.8 Å². The van der Waals surface area contributed by atoms with Crippen molar-refractivity contribution in [3.05, 3.63) is 57.8 Å². The standard InChI is InChI=1S/C20H19ClN6O2S2/c1-11-7-12(2)17(15(21)8-11)26(13(3)28)19-23-14(9-30-19)10-31-20-25-24-18(27(20)22)16-5-4-6-29-16/h4-9H,10,22H2,1-3H3. The molecule has 31 heavy (non-hydrogen) atoms. The van der Waals surface area contributed by atoms with E-state index < -0.39 is 0 Å². The van der Waals surface area contributed by atoms with Crippen LogP contribution in [0.1, 0.15) is 23.7 Å². The van der Waals surface area contributed by atoms with Crippen LogP contribution in [0.3, 0.4) is 0 Å². The highest BCUT2D eigenvalue weighted by Crippen LogP contribution is 2.38. The molecule has 0 fully saturated rings. The number of thiazole rings is 1. The monoisotopic (exact) mass is 474 g/mol. The Morgan fingerprint density at radius 2 is 2.16 bits per heavy atom. The maximum Gasteiger partial charge on any atom is 0.230 e. The summed E-state index contributed by atoms with van der Waals surface area (Å²) < 4.78 is 6.71. The van der Waals surface area contributed by atoms with E-state index in [0.29, 0.717) is 38.3 Å². The number of thioether (sulfide) groups is 1. The number of hydrogen-bond acceptors (Lipinski definition) is 8. The minimum absolute atomic E-state index is 0.160. The number of nitrogen functional groups attached to an aromatic ring is 1. The number of aromatic nitrogens is 4. The Balaban J connectivity index is 1.55. The maximum absolute atomic E-state index is 12.5. The molecule has 0 saturated heterocycles. The summed E-state index contributed by atoms with van der Waals surface area (Å²) in [7, 11) is 0. The van der Waals surface area contributed by atoms with E-state index in [4.69, 9.17) is 21.9 Å². The molecule has 0 aliphatic heterocycles. The van der Waals surface area contributed by atoms with Crippen LogP contribution in [0.4, 0.5) is 10.8 Å². The fourth-order valence-electron chi connectivity index (χ4n) is 3.13.